The van der Waals surface area contributed by atoms with E-state index in [1.54, 1.807) is 0 Å². The third-order valence-electron chi connectivity index (χ3n) is 10.3. The number of aliphatic carboxylic acids is 4. The zero-order valence-corrected chi connectivity index (χ0v) is 32.1. The molecular weight excluding hydrogens is 800 g/mol. The van der Waals surface area contributed by atoms with Crippen LogP contribution >= 0.6 is 0 Å². The van der Waals surface area contributed by atoms with E-state index in [2.05, 4.69) is 0 Å². The van der Waals surface area contributed by atoms with Crippen molar-refractivity contribution in [3.8, 4) is 40.2 Å². The Labute approximate surface area is 334 Å². The second kappa shape index (κ2) is 15.1. The van der Waals surface area contributed by atoms with Gasteiger partial charge >= 0.3 is 23.9 Å². The van der Waals surface area contributed by atoms with Gasteiger partial charge in [0, 0.05) is 22.8 Å². The van der Waals surface area contributed by atoms with E-state index in [-0.39, 0.29) is 73.6 Å². The summed E-state index contributed by atoms with van der Waals surface area (Å²) in [5.74, 6) is -9.48. The Morgan fingerprint density at radius 3 is 1.34 bits per heavy atom. The fourth-order valence-electron chi connectivity index (χ4n) is 7.77. The standard InChI is InChI=1S/C40H34O18S/c1-52-23-13-17(6-7-27(23)59(49,50)51)32-30(39(45)46)21-11-19(15-25(54-3)36(21)56-32)34-31(40(47)48)22-12-18(14-26(55-4)37(22)58-34)33-29(38(43)44)20-9-16(5-8-28(41)42)10-24(53-2)35(20)57-33/h5-15,29-34H,1-4H3,(H,41,42)(H,43,44)(H,45,46)(H,47,48)(H,49,50,51)/b8-5+. The Kier molecular flexibility index (Phi) is 10.3. The molecule has 0 spiro atoms. The molecule has 5 N–H and O–H groups in total. The summed E-state index contributed by atoms with van der Waals surface area (Å²) < 4.78 is 74.0. The smallest absolute Gasteiger partial charge is 0.328 e. The number of carboxylic acid groups (broad SMARTS) is 4. The number of methoxy groups -OCH3 is 4. The van der Waals surface area contributed by atoms with E-state index in [1.165, 1.54) is 83.0 Å². The van der Waals surface area contributed by atoms with Crippen LogP contribution in [-0.4, -0.2) is 85.7 Å². The quantitative estimate of drug-likeness (QED) is 0.0878. The third kappa shape index (κ3) is 6.93. The molecule has 308 valence electrons. The number of fused-ring (bicyclic) bond motifs is 3. The highest BCUT2D eigenvalue weighted by Crippen LogP contribution is 2.58. The van der Waals surface area contributed by atoms with E-state index in [0.717, 1.165) is 12.1 Å². The van der Waals surface area contributed by atoms with Crippen LogP contribution in [0.2, 0.25) is 0 Å². The van der Waals surface area contributed by atoms with Gasteiger partial charge in [-0.05, 0) is 76.9 Å². The van der Waals surface area contributed by atoms with Gasteiger partial charge in [0.1, 0.15) is 46.7 Å². The van der Waals surface area contributed by atoms with E-state index in [4.69, 9.17) is 38.3 Å². The molecule has 0 aliphatic carbocycles. The normalized spacial score (nSPS) is 21.3. The van der Waals surface area contributed by atoms with Gasteiger partial charge in [-0.15, -0.1) is 0 Å². The maximum atomic E-state index is 13.2. The van der Waals surface area contributed by atoms with Gasteiger partial charge in [0.05, 0.1) is 28.4 Å². The van der Waals surface area contributed by atoms with Crippen molar-refractivity contribution in [3.05, 3.63) is 99.6 Å². The van der Waals surface area contributed by atoms with Gasteiger partial charge in [0.25, 0.3) is 10.1 Å². The maximum absolute atomic E-state index is 13.2. The number of ether oxygens (including phenoxy) is 7. The first kappa shape index (κ1) is 40.2. The first-order valence-corrected chi connectivity index (χ1v) is 18.9. The summed E-state index contributed by atoms with van der Waals surface area (Å²) in [5, 5.41) is 40.9. The van der Waals surface area contributed by atoms with Crippen LogP contribution in [-0.2, 0) is 29.3 Å². The fourth-order valence-corrected chi connectivity index (χ4v) is 8.41. The van der Waals surface area contributed by atoms with Crippen molar-refractivity contribution in [1.82, 2.24) is 0 Å². The van der Waals surface area contributed by atoms with Gasteiger partial charge in [-0.3, -0.25) is 18.9 Å². The first-order chi connectivity index (χ1) is 28.0. The lowest BCUT2D eigenvalue weighted by molar-refractivity contribution is -0.141. The number of carbonyl (C=O) groups is 4. The molecule has 4 aromatic carbocycles. The molecule has 3 heterocycles. The van der Waals surface area contributed by atoms with E-state index < -0.39 is 75.0 Å². The topological polar surface area (TPSA) is 268 Å². The number of benzene rings is 4. The predicted molar refractivity (Wildman–Crippen MR) is 200 cm³/mol. The molecule has 0 fully saturated rings. The van der Waals surface area contributed by atoms with Crippen LogP contribution < -0.4 is 33.2 Å². The van der Waals surface area contributed by atoms with Crippen molar-refractivity contribution in [3.63, 3.8) is 0 Å². The molecule has 6 unspecified atom stereocenters. The highest BCUT2D eigenvalue weighted by molar-refractivity contribution is 7.86. The van der Waals surface area contributed by atoms with Gasteiger partial charge in [-0.1, -0.05) is 6.07 Å². The Morgan fingerprint density at radius 2 is 0.949 bits per heavy atom. The van der Waals surface area contributed by atoms with Crippen LogP contribution in [0.5, 0.6) is 40.2 Å². The average Bonchev–Trinajstić information content (AvgIpc) is 3.90. The molecule has 0 saturated heterocycles. The summed E-state index contributed by atoms with van der Waals surface area (Å²) in [5.41, 5.74) is 1.23. The van der Waals surface area contributed by atoms with Crippen LogP contribution in [0.4, 0.5) is 0 Å². The van der Waals surface area contributed by atoms with Crippen LogP contribution in [0.3, 0.4) is 0 Å². The molecule has 0 radical (unpaired) electrons. The second-order valence-corrected chi connectivity index (χ2v) is 14.9. The molecule has 0 saturated carbocycles. The molecule has 4 aromatic rings. The van der Waals surface area contributed by atoms with Gasteiger partial charge < -0.3 is 53.6 Å². The molecule has 7 rings (SSSR count). The molecule has 0 bridgehead atoms. The fraction of sp³-hybridized carbons (Fsp3) is 0.250. The largest absolute Gasteiger partial charge is 0.495 e. The number of carboxylic acids is 4. The SMILES string of the molecule is COc1cc(C2Oc3c(OC)cc(C4Oc5c(OC)cc(C6Oc7c(OC)cc(/C=C/C(=O)O)cc7C6C(=O)O)cc5C4C(=O)O)cc3C2C(=O)O)ccc1S(=O)(=O)O. The highest BCUT2D eigenvalue weighted by atomic mass is 32.2. The molecule has 3 aliphatic rings. The maximum Gasteiger partial charge on any atom is 0.328 e. The molecule has 3 aliphatic heterocycles. The van der Waals surface area contributed by atoms with Crippen LogP contribution in [0.25, 0.3) is 6.08 Å². The number of hydrogen-bond acceptors (Lipinski definition) is 13. The molecular formula is C40H34O18S. The number of hydrogen-bond donors (Lipinski definition) is 5. The van der Waals surface area contributed by atoms with Gasteiger partial charge in [0.2, 0.25) is 0 Å². The summed E-state index contributed by atoms with van der Waals surface area (Å²) >= 11 is 0. The Bertz CT molecular complexity index is 2580. The van der Waals surface area contributed by atoms with Crippen molar-refractivity contribution >= 4 is 40.1 Å². The molecule has 0 aromatic heterocycles. The average molecular weight is 835 g/mol. The number of rotatable bonds is 13. The van der Waals surface area contributed by atoms with Gasteiger partial charge in [0.15, 0.2) is 34.5 Å². The van der Waals surface area contributed by atoms with Crippen LogP contribution in [0, 0.1) is 0 Å². The minimum absolute atomic E-state index is 0.0171. The molecule has 18 nitrogen and oxygen atoms in total. The van der Waals surface area contributed by atoms with Crippen molar-refractivity contribution in [2.45, 2.75) is 41.0 Å². The monoisotopic (exact) mass is 834 g/mol. The van der Waals surface area contributed by atoms with Crippen molar-refractivity contribution in [2.24, 2.45) is 0 Å². The minimum atomic E-state index is -4.70. The second-order valence-electron chi connectivity index (χ2n) is 13.5. The van der Waals surface area contributed by atoms with Gasteiger partial charge in [-0.2, -0.15) is 8.42 Å². The Morgan fingerprint density at radius 1 is 0.559 bits per heavy atom. The first-order valence-electron chi connectivity index (χ1n) is 17.4. The van der Waals surface area contributed by atoms with E-state index in [0.29, 0.717) is 5.56 Å². The summed E-state index contributed by atoms with van der Waals surface area (Å²) in [4.78, 5) is 49.6. The predicted octanol–water partition coefficient (Wildman–Crippen LogP) is 4.97. The van der Waals surface area contributed by atoms with Crippen molar-refractivity contribution in [1.29, 1.82) is 0 Å². The van der Waals surface area contributed by atoms with Crippen LogP contribution in [0.1, 0.15) is 75.0 Å². The molecule has 19 heteroatoms. The van der Waals surface area contributed by atoms with Crippen molar-refractivity contribution in [2.75, 3.05) is 28.4 Å². The summed E-state index contributed by atoms with van der Waals surface area (Å²) in [6.07, 6.45) is -1.69. The lowest BCUT2D eigenvalue weighted by atomic mass is 9.85. The van der Waals surface area contributed by atoms with E-state index in [1.807, 2.05) is 0 Å². The molecule has 59 heavy (non-hydrogen) atoms. The zero-order chi connectivity index (χ0) is 42.7. The summed E-state index contributed by atoms with van der Waals surface area (Å²) in [6, 6.07) is 12.2. The highest BCUT2D eigenvalue weighted by Gasteiger charge is 2.49. The van der Waals surface area contributed by atoms with E-state index >= 15 is 0 Å². The lowest BCUT2D eigenvalue weighted by Gasteiger charge is -2.19. The Balaban J connectivity index is 1.30. The molecule has 6 atom stereocenters. The van der Waals surface area contributed by atoms with E-state index in [9.17, 15) is 47.5 Å². The molecule has 0 amide bonds. The third-order valence-corrected chi connectivity index (χ3v) is 11.2. The Hall–Kier alpha value is -6.99. The van der Waals surface area contributed by atoms with Gasteiger partial charge in [-0.25, -0.2) is 4.79 Å². The zero-order valence-electron chi connectivity index (χ0n) is 31.3. The van der Waals surface area contributed by atoms with Crippen molar-refractivity contribution < 1.29 is 85.7 Å². The summed E-state index contributed by atoms with van der Waals surface area (Å²) in [6.45, 7) is 0. The van der Waals surface area contributed by atoms with Crippen LogP contribution in [0.15, 0.2) is 65.6 Å². The lowest BCUT2D eigenvalue weighted by Crippen LogP contribution is -2.20. The summed E-state index contributed by atoms with van der Waals surface area (Å²) in [7, 11) is 0.399. The minimum Gasteiger partial charge on any atom is -0.495 e.